The van der Waals surface area contributed by atoms with Gasteiger partial charge in [-0.15, -0.1) is 0 Å². The topological polar surface area (TPSA) is 66.5 Å². The first-order chi connectivity index (χ1) is 8.90. The molecule has 0 unspecified atom stereocenters. The van der Waals surface area contributed by atoms with Crippen LogP contribution in [0.3, 0.4) is 0 Å². The lowest BCUT2D eigenvalue weighted by atomic mass is 10.1. The number of carbonyl (C=O) groups is 3. The zero-order valence-corrected chi connectivity index (χ0v) is 10.6. The van der Waals surface area contributed by atoms with E-state index in [9.17, 15) is 18.8 Å². The van der Waals surface area contributed by atoms with Gasteiger partial charge in [0.05, 0.1) is 11.3 Å². The number of rotatable bonds is 3. The van der Waals surface area contributed by atoms with E-state index in [1.807, 2.05) is 0 Å². The average Bonchev–Trinajstić information content (AvgIpc) is 2.53. The number of nitrogens with zero attached hydrogens (tertiary/aromatic N) is 1. The van der Waals surface area contributed by atoms with E-state index in [0.29, 0.717) is 0 Å². The minimum atomic E-state index is -0.806. The number of anilines is 1. The second-order valence-corrected chi connectivity index (χ2v) is 4.60. The van der Waals surface area contributed by atoms with Gasteiger partial charge in [0.2, 0.25) is 5.91 Å². The van der Waals surface area contributed by atoms with Crippen molar-refractivity contribution in [3.63, 3.8) is 0 Å². The molecule has 1 N–H and O–H groups in total. The van der Waals surface area contributed by atoms with Crippen molar-refractivity contribution < 1.29 is 18.8 Å². The van der Waals surface area contributed by atoms with Gasteiger partial charge in [0.1, 0.15) is 12.4 Å². The Balaban J connectivity index is 2.26. The van der Waals surface area contributed by atoms with Crippen molar-refractivity contribution in [2.24, 2.45) is 0 Å². The molecule has 1 aliphatic heterocycles. The largest absolute Gasteiger partial charge is 0.352 e. The molecule has 0 saturated heterocycles. The van der Waals surface area contributed by atoms with Crippen molar-refractivity contribution in [1.82, 2.24) is 5.32 Å². The fourth-order valence-electron chi connectivity index (χ4n) is 1.94. The summed E-state index contributed by atoms with van der Waals surface area (Å²) in [6, 6.07) is 3.43. The van der Waals surface area contributed by atoms with Crippen LogP contribution in [0.1, 0.15) is 24.2 Å². The highest BCUT2D eigenvalue weighted by molar-refractivity contribution is 6.52. The second-order valence-electron chi connectivity index (χ2n) is 4.60. The number of ketones is 1. The predicted molar refractivity (Wildman–Crippen MR) is 66.4 cm³/mol. The highest BCUT2D eigenvalue weighted by atomic mass is 19.1. The third-order valence-electron chi connectivity index (χ3n) is 2.68. The van der Waals surface area contributed by atoms with E-state index < -0.39 is 17.5 Å². The molecule has 1 heterocycles. The third-order valence-corrected chi connectivity index (χ3v) is 2.68. The predicted octanol–water partition coefficient (Wildman–Crippen LogP) is 0.880. The van der Waals surface area contributed by atoms with Crippen molar-refractivity contribution >= 4 is 23.3 Å². The first kappa shape index (κ1) is 13.2. The Morgan fingerprint density at radius 1 is 1.37 bits per heavy atom. The second kappa shape index (κ2) is 4.79. The Bertz CT molecular complexity index is 569. The van der Waals surface area contributed by atoms with Crippen LogP contribution < -0.4 is 10.2 Å². The summed E-state index contributed by atoms with van der Waals surface area (Å²) < 4.78 is 13.1. The van der Waals surface area contributed by atoms with Gasteiger partial charge in [0.15, 0.2) is 0 Å². The minimum Gasteiger partial charge on any atom is -0.352 e. The molecule has 1 aromatic carbocycles. The van der Waals surface area contributed by atoms with Gasteiger partial charge in [-0.2, -0.15) is 0 Å². The Labute approximate surface area is 109 Å². The summed E-state index contributed by atoms with van der Waals surface area (Å²) in [6.45, 7) is 3.33. The van der Waals surface area contributed by atoms with Gasteiger partial charge < -0.3 is 5.32 Å². The quantitative estimate of drug-likeness (QED) is 0.824. The zero-order chi connectivity index (χ0) is 14.2. The van der Waals surface area contributed by atoms with Gasteiger partial charge >= 0.3 is 0 Å². The lowest BCUT2D eigenvalue weighted by Gasteiger charge is -2.17. The first-order valence-corrected chi connectivity index (χ1v) is 5.85. The van der Waals surface area contributed by atoms with E-state index in [-0.39, 0.29) is 29.7 Å². The molecular formula is C13H13FN2O3. The van der Waals surface area contributed by atoms with Gasteiger partial charge in [-0.3, -0.25) is 19.3 Å². The molecule has 0 aliphatic carbocycles. The van der Waals surface area contributed by atoms with E-state index in [0.717, 1.165) is 17.0 Å². The molecule has 1 aliphatic rings. The molecule has 5 nitrogen and oxygen atoms in total. The molecule has 0 saturated carbocycles. The lowest BCUT2D eigenvalue weighted by molar-refractivity contribution is -0.122. The summed E-state index contributed by atoms with van der Waals surface area (Å²) in [5.41, 5.74) is 0.276. The number of benzene rings is 1. The van der Waals surface area contributed by atoms with Crippen molar-refractivity contribution in [1.29, 1.82) is 0 Å². The van der Waals surface area contributed by atoms with E-state index in [2.05, 4.69) is 5.32 Å². The normalized spacial score (nSPS) is 14.0. The van der Waals surface area contributed by atoms with Gasteiger partial charge in [-0.25, -0.2) is 4.39 Å². The first-order valence-electron chi connectivity index (χ1n) is 5.85. The van der Waals surface area contributed by atoms with Crippen LogP contribution >= 0.6 is 0 Å². The summed E-state index contributed by atoms with van der Waals surface area (Å²) in [5.74, 6) is -2.55. The van der Waals surface area contributed by atoms with Crippen LogP contribution in [0.5, 0.6) is 0 Å². The molecule has 0 spiro atoms. The molecule has 2 rings (SSSR count). The fraction of sp³-hybridized carbons (Fsp3) is 0.308. The molecule has 100 valence electrons. The maximum atomic E-state index is 13.1. The molecule has 19 heavy (non-hydrogen) atoms. The molecule has 0 fully saturated rings. The Morgan fingerprint density at radius 2 is 2.05 bits per heavy atom. The van der Waals surface area contributed by atoms with Crippen molar-refractivity contribution in [2.45, 2.75) is 19.9 Å². The minimum absolute atomic E-state index is 0.00217. The smallest absolute Gasteiger partial charge is 0.299 e. The van der Waals surface area contributed by atoms with E-state index in [1.54, 1.807) is 13.8 Å². The van der Waals surface area contributed by atoms with E-state index >= 15 is 0 Å². The van der Waals surface area contributed by atoms with Crippen LogP contribution in [-0.2, 0) is 9.59 Å². The number of hydrogen-bond acceptors (Lipinski definition) is 3. The maximum Gasteiger partial charge on any atom is 0.299 e. The average molecular weight is 264 g/mol. The number of fused-ring (bicyclic) bond motifs is 1. The van der Waals surface area contributed by atoms with Crippen LogP contribution in [0.25, 0.3) is 0 Å². The van der Waals surface area contributed by atoms with Crippen molar-refractivity contribution in [2.75, 3.05) is 11.4 Å². The molecule has 0 atom stereocenters. The fourth-order valence-corrected chi connectivity index (χ4v) is 1.94. The zero-order valence-electron chi connectivity index (χ0n) is 10.6. The summed E-state index contributed by atoms with van der Waals surface area (Å²) in [4.78, 5) is 36.2. The molecule has 1 aromatic rings. The molecule has 0 radical (unpaired) electrons. The number of carbonyl (C=O) groups excluding carboxylic acids is 3. The monoisotopic (exact) mass is 264 g/mol. The highest BCUT2D eigenvalue weighted by Crippen LogP contribution is 2.29. The Kier molecular flexibility index (Phi) is 3.33. The number of Topliss-reactive ketones (excluding diaryl/α,β-unsaturated/α-hetero) is 1. The summed E-state index contributed by atoms with van der Waals surface area (Å²) >= 11 is 0. The van der Waals surface area contributed by atoms with Gasteiger partial charge in [-0.1, -0.05) is 0 Å². The van der Waals surface area contributed by atoms with Crippen molar-refractivity contribution in [3.05, 3.63) is 29.6 Å². The van der Waals surface area contributed by atoms with Crippen LogP contribution in [0, 0.1) is 5.82 Å². The van der Waals surface area contributed by atoms with Crippen LogP contribution in [0.2, 0.25) is 0 Å². The number of halogens is 1. The number of nitrogens with one attached hydrogen (secondary N) is 1. The Morgan fingerprint density at radius 3 is 2.68 bits per heavy atom. The molecule has 6 heteroatoms. The van der Waals surface area contributed by atoms with Crippen LogP contribution in [-0.4, -0.2) is 30.2 Å². The number of amides is 2. The van der Waals surface area contributed by atoms with E-state index in [1.165, 1.54) is 6.07 Å². The summed E-state index contributed by atoms with van der Waals surface area (Å²) in [6.07, 6.45) is 0. The maximum absolute atomic E-state index is 13.1. The molecule has 0 bridgehead atoms. The third kappa shape index (κ3) is 2.47. The van der Waals surface area contributed by atoms with Gasteiger partial charge in [0, 0.05) is 6.04 Å². The molecule has 0 aromatic heterocycles. The van der Waals surface area contributed by atoms with Gasteiger partial charge in [0.25, 0.3) is 11.7 Å². The van der Waals surface area contributed by atoms with Gasteiger partial charge in [-0.05, 0) is 32.0 Å². The standard InChI is InChI=1S/C13H13FN2O3/c1-7(2)15-11(17)6-16-10-4-3-8(14)5-9(10)12(18)13(16)19/h3-5,7H,6H2,1-2H3,(H,15,17). The SMILES string of the molecule is CC(C)NC(=O)CN1C(=O)C(=O)c2cc(F)ccc21. The summed E-state index contributed by atoms with van der Waals surface area (Å²) in [5, 5.41) is 2.63. The molecular weight excluding hydrogens is 251 g/mol. The van der Waals surface area contributed by atoms with E-state index in [4.69, 9.17) is 0 Å². The molecule has 2 amide bonds. The van der Waals surface area contributed by atoms with Crippen LogP contribution in [0.4, 0.5) is 10.1 Å². The lowest BCUT2D eigenvalue weighted by Crippen LogP contribution is -2.42. The number of hydrogen-bond donors (Lipinski definition) is 1. The van der Waals surface area contributed by atoms with Crippen molar-refractivity contribution in [3.8, 4) is 0 Å². The summed E-state index contributed by atoms with van der Waals surface area (Å²) in [7, 11) is 0. The highest BCUT2D eigenvalue weighted by Gasteiger charge is 2.37. The Hall–Kier alpha value is -2.24. The van der Waals surface area contributed by atoms with Crippen LogP contribution in [0.15, 0.2) is 18.2 Å².